The number of esters is 3. The Bertz CT molecular complexity index is 558. The van der Waals surface area contributed by atoms with Crippen LogP contribution in [0.1, 0.15) is 6.42 Å². The van der Waals surface area contributed by atoms with Crippen LogP contribution in [-0.4, -0.2) is 66.2 Å². The van der Waals surface area contributed by atoms with Gasteiger partial charge in [-0.05, 0) is 0 Å². The number of hydrogen-bond donors (Lipinski definition) is 3. The highest BCUT2D eigenvalue weighted by molar-refractivity contribution is 5.91. The van der Waals surface area contributed by atoms with Crippen molar-refractivity contribution in [2.24, 2.45) is 5.73 Å². The second kappa shape index (κ2) is 12.2. The minimum absolute atomic E-state index is 0.551. The van der Waals surface area contributed by atoms with E-state index in [0.717, 1.165) is 19.3 Å². The van der Waals surface area contributed by atoms with Crippen LogP contribution in [0.3, 0.4) is 0 Å². The van der Waals surface area contributed by atoms with Gasteiger partial charge in [0.2, 0.25) is 6.79 Å². The molecular formula is C12H14F3NO10. The predicted molar refractivity (Wildman–Crippen MR) is 72.1 cm³/mol. The van der Waals surface area contributed by atoms with E-state index in [1.165, 1.54) is 0 Å². The summed E-state index contributed by atoms with van der Waals surface area (Å²) in [7, 11) is 1.13. The number of nitrogens with two attached hydrogens (primary N) is 1. The Kier molecular flexibility index (Phi) is 11.8. The normalized spacial score (nSPS) is 11.6. The second-order valence-electron chi connectivity index (χ2n) is 3.91. The Balaban J connectivity index is 0. The van der Waals surface area contributed by atoms with E-state index in [1.807, 2.05) is 0 Å². The number of halogens is 3. The zero-order chi connectivity index (χ0) is 20.9. The average Bonchev–Trinajstić information content (AvgIpc) is 2.51. The number of methoxy groups -OCH3 is 1. The van der Waals surface area contributed by atoms with Crippen LogP contribution in [0.4, 0.5) is 13.2 Å². The van der Waals surface area contributed by atoms with Crippen molar-refractivity contribution in [2.45, 2.75) is 18.6 Å². The van der Waals surface area contributed by atoms with Crippen LogP contribution >= 0.6 is 0 Å². The number of carboxylic acids is 2. The molecule has 0 radical (unpaired) electrons. The molecule has 0 saturated heterocycles. The van der Waals surface area contributed by atoms with E-state index in [9.17, 15) is 32.3 Å². The van der Waals surface area contributed by atoms with Crippen molar-refractivity contribution in [3.05, 3.63) is 12.2 Å². The van der Waals surface area contributed by atoms with Gasteiger partial charge >= 0.3 is 36.0 Å². The number of rotatable bonds is 7. The molecule has 0 aromatic carbocycles. The number of carboxylic acid groups (broad SMARTS) is 2. The fourth-order valence-electron chi connectivity index (χ4n) is 0.731. The van der Waals surface area contributed by atoms with Gasteiger partial charge in [-0.3, -0.25) is 9.59 Å². The molecule has 0 aliphatic rings. The third-order valence-electron chi connectivity index (χ3n) is 1.92. The molecule has 0 aromatic rings. The van der Waals surface area contributed by atoms with Gasteiger partial charge in [0.15, 0.2) is 0 Å². The molecule has 26 heavy (non-hydrogen) atoms. The van der Waals surface area contributed by atoms with E-state index >= 15 is 0 Å². The minimum atomic E-state index is -5.08. The fraction of sp³-hybridized carbons (Fsp3) is 0.417. The summed E-state index contributed by atoms with van der Waals surface area (Å²) in [5.41, 5.74) is 5.07. The molecule has 1 atom stereocenters. The molecule has 0 saturated carbocycles. The molecule has 0 aliphatic carbocycles. The van der Waals surface area contributed by atoms with Gasteiger partial charge in [-0.15, -0.1) is 0 Å². The number of aliphatic carboxylic acids is 2. The number of alkyl halides is 3. The van der Waals surface area contributed by atoms with Crippen LogP contribution in [-0.2, 0) is 38.2 Å². The maximum Gasteiger partial charge on any atom is 0.490 e. The summed E-state index contributed by atoms with van der Waals surface area (Å²) in [6.07, 6.45) is -4.03. The molecular weight excluding hydrogens is 375 g/mol. The topological polar surface area (TPSA) is 180 Å². The smallest absolute Gasteiger partial charge is 0.480 e. The summed E-state index contributed by atoms with van der Waals surface area (Å²) in [5, 5.41) is 15.5. The van der Waals surface area contributed by atoms with Crippen molar-refractivity contribution in [3.8, 4) is 0 Å². The standard InChI is InChI=1S/C10H13NO8.C2HF3O2/c1-17-7(12)2-3-8(13)18-5-19-9(14)4-6(11)10(15)16;3-2(4,5)1(6)7/h2-3,6H,4-5,11H2,1H3,(H,15,16);(H,6,7)/b3-2+;/t6-;/m0./s1. The molecule has 0 fully saturated rings. The van der Waals surface area contributed by atoms with Crippen LogP contribution in [0.15, 0.2) is 12.2 Å². The maximum absolute atomic E-state index is 11.0. The van der Waals surface area contributed by atoms with Crippen molar-refractivity contribution in [2.75, 3.05) is 13.9 Å². The number of carbonyl (C=O) groups is 5. The molecule has 0 unspecified atom stereocenters. The SMILES string of the molecule is COC(=O)/C=C/C(=O)OCOC(=O)C[C@H](N)C(=O)O.O=C(O)C(F)(F)F. The summed E-state index contributed by atoms with van der Waals surface area (Å²) in [6.45, 7) is -0.713. The van der Waals surface area contributed by atoms with Gasteiger partial charge in [0.1, 0.15) is 6.04 Å². The van der Waals surface area contributed by atoms with Crippen molar-refractivity contribution >= 4 is 29.8 Å². The largest absolute Gasteiger partial charge is 0.490 e. The number of ether oxygens (including phenoxy) is 3. The lowest BCUT2D eigenvalue weighted by Crippen LogP contribution is -2.33. The Morgan fingerprint density at radius 3 is 1.88 bits per heavy atom. The maximum atomic E-state index is 11.0. The van der Waals surface area contributed by atoms with Crippen LogP contribution in [0.25, 0.3) is 0 Å². The Hall–Kier alpha value is -3.16. The highest BCUT2D eigenvalue weighted by atomic mass is 19.4. The van der Waals surface area contributed by atoms with Gasteiger partial charge in [0.25, 0.3) is 0 Å². The van der Waals surface area contributed by atoms with Gasteiger partial charge in [0, 0.05) is 12.2 Å². The molecule has 0 amide bonds. The predicted octanol–water partition coefficient (Wildman–Crippen LogP) is -0.805. The molecule has 0 aliphatic heterocycles. The summed E-state index contributed by atoms with van der Waals surface area (Å²) >= 11 is 0. The Labute approximate surface area is 143 Å². The fourth-order valence-corrected chi connectivity index (χ4v) is 0.731. The zero-order valence-corrected chi connectivity index (χ0v) is 13.0. The third kappa shape index (κ3) is 14.4. The van der Waals surface area contributed by atoms with Crippen LogP contribution in [0.2, 0.25) is 0 Å². The molecule has 0 spiro atoms. The van der Waals surface area contributed by atoms with Gasteiger partial charge in [0.05, 0.1) is 13.5 Å². The van der Waals surface area contributed by atoms with Crippen molar-refractivity contribution in [3.63, 3.8) is 0 Å². The lowest BCUT2D eigenvalue weighted by molar-refractivity contribution is -0.192. The third-order valence-corrected chi connectivity index (χ3v) is 1.92. The number of hydrogen-bond acceptors (Lipinski definition) is 9. The van der Waals surface area contributed by atoms with Gasteiger partial charge in [-0.1, -0.05) is 0 Å². The average molecular weight is 389 g/mol. The van der Waals surface area contributed by atoms with Gasteiger partial charge in [-0.25, -0.2) is 14.4 Å². The molecule has 0 rings (SSSR count). The Morgan fingerprint density at radius 1 is 1.04 bits per heavy atom. The first kappa shape index (κ1) is 25.1. The summed E-state index contributed by atoms with van der Waals surface area (Å²) in [4.78, 5) is 51.8. The van der Waals surface area contributed by atoms with E-state index in [0.29, 0.717) is 0 Å². The molecule has 0 aromatic heterocycles. The van der Waals surface area contributed by atoms with Crippen LogP contribution in [0, 0.1) is 0 Å². The van der Waals surface area contributed by atoms with Gasteiger partial charge in [-0.2, -0.15) is 13.2 Å². The monoisotopic (exact) mass is 389 g/mol. The summed E-state index contributed by atoms with van der Waals surface area (Å²) in [6, 6.07) is -1.39. The Morgan fingerprint density at radius 2 is 1.50 bits per heavy atom. The highest BCUT2D eigenvalue weighted by Crippen LogP contribution is 2.13. The second-order valence-corrected chi connectivity index (χ2v) is 3.91. The first-order valence-corrected chi connectivity index (χ1v) is 6.18. The first-order chi connectivity index (χ1) is 11.8. The van der Waals surface area contributed by atoms with Crippen molar-refractivity contribution < 1.29 is 61.6 Å². The molecule has 11 nitrogen and oxygen atoms in total. The van der Waals surface area contributed by atoms with E-state index in [2.05, 4.69) is 14.2 Å². The van der Waals surface area contributed by atoms with Crippen molar-refractivity contribution in [1.29, 1.82) is 0 Å². The van der Waals surface area contributed by atoms with Gasteiger partial charge < -0.3 is 30.2 Å². The molecule has 0 bridgehead atoms. The molecule has 4 N–H and O–H groups in total. The molecule has 14 heteroatoms. The lowest BCUT2D eigenvalue weighted by Gasteiger charge is -2.06. The van der Waals surface area contributed by atoms with E-state index in [4.69, 9.17) is 20.7 Å². The van der Waals surface area contributed by atoms with E-state index in [1.54, 1.807) is 0 Å². The number of carbonyl (C=O) groups excluding carboxylic acids is 3. The highest BCUT2D eigenvalue weighted by Gasteiger charge is 2.38. The quantitative estimate of drug-likeness (QED) is 0.282. The van der Waals surface area contributed by atoms with Crippen LogP contribution in [0.5, 0.6) is 0 Å². The lowest BCUT2D eigenvalue weighted by atomic mass is 10.2. The minimum Gasteiger partial charge on any atom is -0.480 e. The summed E-state index contributed by atoms with van der Waals surface area (Å²) in [5.74, 6) is -6.72. The van der Waals surface area contributed by atoms with Crippen LogP contribution < -0.4 is 5.73 Å². The van der Waals surface area contributed by atoms with E-state index in [-0.39, 0.29) is 0 Å². The molecule has 148 valence electrons. The molecule has 0 heterocycles. The zero-order valence-electron chi connectivity index (χ0n) is 13.0. The van der Waals surface area contributed by atoms with E-state index < -0.39 is 55.3 Å². The first-order valence-electron chi connectivity index (χ1n) is 6.18. The van der Waals surface area contributed by atoms with Crippen molar-refractivity contribution in [1.82, 2.24) is 0 Å². The summed E-state index contributed by atoms with van der Waals surface area (Å²) < 4.78 is 44.7.